The lowest BCUT2D eigenvalue weighted by atomic mass is 9.98. The summed E-state index contributed by atoms with van der Waals surface area (Å²) >= 11 is 0. The molecule has 1 aliphatic heterocycles. The Morgan fingerprint density at radius 3 is 3.35 bits per heavy atom. The van der Waals surface area contributed by atoms with Gasteiger partial charge in [-0.1, -0.05) is 12.2 Å². The number of aromatic amines is 1. The molecule has 0 saturated heterocycles. The molecule has 2 aromatic heterocycles. The highest BCUT2D eigenvalue weighted by atomic mass is 16.1. The van der Waals surface area contributed by atoms with Crippen LogP contribution in [0.5, 0.6) is 0 Å². The van der Waals surface area contributed by atoms with Crippen molar-refractivity contribution in [1.82, 2.24) is 19.5 Å². The molecule has 4 rings (SSSR count). The van der Waals surface area contributed by atoms with Crippen LogP contribution in [-0.2, 0) is 0 Å². The van der Waals surface area contributed by atoms with Gasteiger partial charge in [0.25, 0.3) is 0 Å². The van der Waals surface area contributed by atoms with Crippen molar-refractivity contribution in [3.63, 3.8) is 0 Å². The van der Waals surface area contributed by atoms with Gasteiger partial charge in [0, 0.05) is 0 Å². The van der Waals surface area contributed by atoms with E-state index in [1.54, 1.807) is 6.33 Å². The van der Waals surface area contributed by atoms with E-state index in [0.717, 1.165) is 12.8 Å². The lowest BCUT2D eigenvalue weighted by Gasteiger charge is -2.20. The summed E-state index contributed by atoms with van der Waals surface area (Å²) in [6.45, 7) is 0. The Balaban J connectivity index is 2.07. The minimum atomic E-state index is -0.251. The summed E-state index contributed by atoms with van der Waals surface area (Å²) in [6.07, 6.45) is 8.01. The fraction of sp³-hybridized carbons (Fsp3) is 0.364. The number of H-pyrrole nitrogens is 1. The number of allylic oxidation sites excluding steroid dienone is 1. The predicted molar refractivity (Wildman–Crippen MR) is 63.0 cm³/mol. The van der Waals surface area contributed by atoms with E-state index in [9.17, 15) is 4.79 Å². The van der Waals surface area contributed by atoms with Crippen molar-refractivity contribution in [1.29, 1.82) is 0 Å². The van der Waals surface area contributed by atoms with Gasteiger partial charge in [-0.2, -0.15) is 4.98 Å². The van der Waals surface area contributed by atoms with Gasteiger partial charge in [-0.3, -0.25) is 9.36 Å². The summed E-state index contributed by atoms with van der Waals surface area (Å²) < 4.78 is 2.01. The predicted octanol–water partition coefficient (Wildman–Crippen LogP) is 0.805. The second kappa shape index (κ2) is 2.97. The van der Waals surface area contributed by atoms with Gasteiger partial charge >= 0.3 is 5.56 Å². The van der Waals surface area contributed by atoms with Crippen LogP contribution in [0, 0.1) is 0 Å². The number of fused-ring (bicyclic) bond motifs is 5. The zero-order chi connectivity index (χ0) is 11.4. The van der Waals surface area contributed by atoms with Crippen molar-refractivity contribution in [3.05, 3.63) is 28.8 Å². The lowest BCUT2D eigenvalue weighted by Crippen LogP contribution is -2.23. The number of rotatable bonds is 0. The van der Waals surface area contributed by atoms with E-state index in [1.807, 2.05) is 4.57 Å². The number of nitrogens with one attached hydrogen (secondary N) is 2. The van der Waals surface area contributed by atoms with Crippen LogP contribution in [-0.4, -0.2) is 25.6 Å². The maximum absolute atomic E-state index is 11.8. The van der Waals surface area contributed by atoms with E-state index < -0.39 is 0 Å². The van der Waals surface area contributed by atoms with Crippen LogP contribution < -0.4 is 10.9 Å². The highest BCUT2D eigenvalue weighted by molar-refractivity contribution is 5.72. The molecule has 0 amide bonds. The molecular formula is C11H11N5O. The van der Waals surface area contributed by atoms with Gasteiger partial charge in [0.2, 0.25) is 5.95 Å². The SMILES string of the molecule is O=c1nc2n(c3nc[nH]c13)C1C=CCCC1N2. The number of imidazole rings is 1. The molecule has 0 aromatic carbocycles. The first kappa shape index (κ1) is 8.98. The molecule has 2 unspecified atom stereocenters. The van der Waals surface area contributed by atoms with E-state index in [4.69, 9.17) is 0 Å². The van der Waals surface area contributed by atoms with E-state index in [2.05, 4.69) is 32.4 Å². The quantitative estimate of drug-likeness (QED) is 0.655. The summed E-state index contributed by atoms with van der Waals surface area (Å²) in [4.78, 5) is 22.9. The maximum atomic E-state index is 11.8. The van der Waals surface area contributed by atoms with Gasteiger partial charge in [-0.25, -0.2) is 4.98 Å². The number of hydrogen-bond donors (Lipinski definition) is 2. The first-order valence-electron chi connectivity index (χ1n) is 5.73. The van der Waals surface area contributed by atoms with Crippen LogP contribution in [0.2, 0.25) is 0 Å². The number of aromatic nitrogens is 4. The Kier molecular flexibility index (Phi) is 1.57. The fourth-order valence-electron chi connectivity index (χ4n) is 2.72. The summed E-state index contributed by atoms with van der Waals surface area (Å²) in [5.74, 6) is 0.635. The first-order chi connectivity index (χ1) is 8.34. The highest BCUT2D eigenvalue weighted by Gasteiger charge is 2.33. The molecule has 2 atom stereocenters. The van der Waals surface area contributed by atoms with Crippen molar-refractivity contribution >= 4 is 17.1 Å². The van der Waals surface area contributed by atoms with Crippen molar-refractivity contribution < 1.29 is 0 Å². The topological polar surface area (TPSA) is 75.6 Å². The summed E-state index contributed by atoms with van der Waals surface area (Å²) in [5, 5.41) is 3.31. The molecule has 2 aromatic rings. The standard InChI is InChI=1S/C11H11N5O/c17-10-8-9(13-5-12-8)16-7-4-2-1-3-6(7)14-11(16)15-10/h2,4-7H,1,3H2,(H,12,13)(H,14,15,17). The summed E-state index contributed by atoms with van der Waals surface area (Å²) in [6, 6.07) is 0.548. The lowest BCUT2D eigenvalue weighted by molar-refractivity contribution is 0.524. The van der Waals surface area contributed by atoms with Gasteiger partial charge in [0.15, 0.2) is 11.2 Å². The van der Waals surface area contributed by atoms with E-state index in [-0.39, 0.29) is 11.6 Å². The average Bonchev–Trinajstić information content (AvgIpc) is 2.90. The Morgan fingerprint density at radius 2 is 2.41 bits per heavy atom. The molecule has 6 heteroatoms. The molecule has 1 aliphatic carbocycles. The third-order valence-corrected chi connectivity index (χ3v) is 3.50. The Labute approximate surface area is 96.4 Å². The Hall–Kier alpha value is -2.11. The second-order valence-corrected chi connectivity index (χ2v) is 4.46. The van der Waals surface area contributed by atoms with Crippen LogP contribution in [0.25, 0.3) is 11.2 Å². The molecule has 0 bridgehead atoms. The van der Waals surface area contributed by atoms with E-state index >= 15 is 0 Å². The van der Waals surface area contributed by atoms with Crippen LogP contribution in [0.1, 0.15) is 18.9 Å². The summed E-state index contributed by atoms with van der Waals surface area (Å²) in [5.41, 5.74) is 0.917. The molecule has 3 heterocycles. The number of anilines is 1. The van der Waals surface area contributed by atoms with E-state index in [1.165, 1.54) is 0 Å². The number of nitrogens with zero attached hydrogens (tertiary/aromatic N) is 3. The highest BCUT2D eigenvalue weighted by Crippen LogP contribution is 2.34. The van der Waals surface area contributed by atoms with Gasteiger partial charge in [-0.05, 0) is 12.8 Å². The van der Waals surface area contributed by atoms with Crippen molar-refractivity contribution in [3.8, 4) is 0 Å². The Bertz CT molecular complexity index is 683. The summed E-state index contributed by atoms with van der Waals surface area (Å²) in [7, 11) is 0. The number of hydrogen-bond acceptors (Lipinski definition) is 4. The molecule has 0 radical (unpaired) electrons. The molecule has 6 nitrogen and oxygen atoms in total. The van der Waals surface area contributed by atoms with Gasteiger partial charge in [0.1, 0.15) is 0 Å². The average molecular weight is 229 g/mol. The van der Waals surface area contributed by atoms with Crippen molar-refractivity contribution in [2.75, 3.05) is 5.32 Å². The normalized spacial score (nSPS) is 25.6. The molecular weight excluding hydrogens is 218 g/mol. The smallest absolute Gasteiger partial charge is 0.300 e. The van der Waals surface area contributed by atoms with Crippen LogP contribution in [0.15, 0.2) is 23.3 Å². The van der Waals surface area contributed by atoms with Crippen LogP contribution in [0.4, 0.5) is 5.95 Å². The zero-order valence-corrected chi connectivity index (χ0v) is 9.05. The first-order valence-corrected chi connectivity index (χ1v) is 5.73. The largest absolute Gasteiger partial charge is 0.350 e. The molecule has 86 valence electrons. The molecule has 17 heavy (non-hydrogen) atoms. The molecule has 2 aliphatic rings. The minimum absolute atomic E-state index is 0.220. The second-order valence-electron chi connectivity index (χ2n) is 4.46. The fourth-order valence-corrected chi connectivity index (χ4v) is 2.72. The van der Waals surface area contributed by atoms with Gasteiger partial charge in [0.05, 0.1) is 18.4 Å². The molecule has 0 spiro atoms. The van der Waals surface area contributed by atoms with Gasteiger partial charge in [-0.15, -0.1) is 0 Å². The zero-order valence-electron chi connectivity index (χ0n) is 9.05. The van der Waals surface area contributed by atoms with Crippen LogP contribution >= 0.6 is 0 Å². The van der Waals surface area contributed by atoms with E-state index in [0.29, 0.717) is 23.2 Å². The molecule has 0 fully saturated rings. The molecule has 2 N–H and O–H groups in total. The third-order valence-electron chi connectivity index (χ3n) is 3.50. The van der Waals surface area contributed by atoms with Crippen LogP contribution in [0.3, 0.4) is 0 Å². The van der Waals surface area contributed by atoms with Crippen molar-refractivity contribution in [2.24, 2.45) is 0 Å². The minimum Gasteiger partial charge on any atom is -0.350 e. The maximum Gasteiger partial charge on any atom is 0.300 e. The van der Waals surface area contributed by atoms with Crippen molar-refractivity contribution in [2.45, 2.75) is 24.9 Å². The van der Waals surface area contributed by atoms with Gasteiger partial charge < -0.3 is 10.3 Å². The third kappa shape index (κ3) is 1.07. The monoisotopic (exact) mass is 229 g/mol. The molecule has 0 saturated carbocycles. The Morgan fingerprint density at radius 1 is 1.47 bits per heavy atom.